The van der Waals surface area contributed by atoms with Crippen molar-refractivity contribution in [2.75, 3.05) is 48.1 Å². The molecule has 21 nitrogen and oxygen atoms in total. The summed E-state index contributed by atoms with van der Waals surface area (Å²) in [6.07, 6.45) is -5.28. The van der Waals surface area contributed by atoms with Crippen molar-refractivity contribution in [3.05, 3.63) is 54.4 Å². The maximum atomic E-state index is 14.9. The lowest BCUT2D eigenvalue weighted by molar-refractivity contribution is -0.318. The molecule has 3 aliphatic rings. The van der Waals surface area contributed by atoms with Gasteiger partial charge >= 0.3 is 5.97 Å². The summed E-state index contributed by atoms with van der Waals surface area (Å²) in [6, 6.07) is 5.45. The quantitative estimate of drug-likeness (QED) is 0.128. The SMILES string of the molecule is CC[C@H]1OC(=O)[C@H](C)[C@@H](O[C@H]2C[C@@](C)(OC)[C@@H](O)[C@H](C)O2)[C@H](C)[C@@H](O[C@@H]2O[C@H](C)C[C@H](N(C)CCc3cn([C@@H](CF)[C@H](OC)c4ccc(-c5ncncn5)cc4)nn3)[C@H]2O)[C@](C)(O)C[C@@H](C)CN(C)[C@H](C)[C@@H](O)[C@]1(C)O. The van der Waals surface area contributed by atoms with Gasteiger partial charge in [0.1, 0.15) is 61.5 Å². The van der Waals surface area contributed by atoms with Gasteiger partial charge in [0.05, 0.1) is 47.2 Å². The lowest BCUT2D eigenvalue weighted by Gasteiger charge is -2.49. The number of halogens is 1. The van der Waals surface area contributed by atoms with Crippen molar-refractivity contribution in [1.29, 1.82) is 0 Å². The highest BCUT2D eigenvalue weighted by Crippen LogP contribution is 2.41. The van der Waals surface area contributed by atoms with E-state index in [9.17, 15) is 34.7 Å². The summed E-state index contributed by atoms with van der Waals surface area (Å²) in [5.74, 6) is -2.38. The van der Waals surface area contributed by atoms with E-state index in [1.54, 1.807) is 54.7 Å². The van der Waals surface area contributed by atoms with Crippen LogP contribution in [0.3, 0.4) is 0 Å². The van der Waals surface area contributed by atoms with Crippen LogP contribution in [0.25, 0.3) is 11.4 Å². The molecule has 1 aromatic carbocycles. The molecule has 0 aliphatic carbocycles. The van der Waals surface area contributed by atoms with Gasteiger partial charge in [0.2, 0.25) is 0 Å². The van der Waals surface area contributed by atoms with Gasteiger partial charge in [-0.05, 0) is 93.3 Å². The second-order valence-corrected chi connectivity index (χ2v) is 22.6. The Balaban J connectivity index is 1.25. The van der Waals surface area contributed by atoms with Gasteiger partial charge in [-0.25, -0.2) is 24.0 Å². The average molecular weight is 1080 g/mol. The number of carbonyl (C=O) groups excluding carboxylic acids is 1. The lowest BCUT2D eigenvalue weighted by Crippen LogP contribution is -2.61. The molecule has 3 aromatic rings. The zero-order valence-corrected chi connectivity index (χ0v) is 47.0. The number of benzene rings is 1. The molecule has 5 heterocycles. The first kappa shape index (κ1) is 61.5. The molecule has 0 amide bonds. The maximum absolute atomic E-state index is 14.9. The monoisotopic (exact) mass is 1070 g/mol. The molecule has 428 valence electrons. The van der Waals surface area contributed by atoms with E-state index in [1.165, 1.54) is 38.5 Å². The van der Waals surface area contributed by atoms with Gasteiger partial charge in [0.15, 0.2) is 18.4 Å². The largest absolute Gasteiger partial charge is 0.459 e. The topological polar surface area (TPSA) is 259 Å². The molecule has 2 aromatic heterocycles. The number of likely N-dealkylation sites (N-methyl/N-ethyl adjacent to an activating group) is 2. The van der Waals surface area contributed by atoms with Crippen LogP contribution < -0.4 is 0 Å². The molecule has 76 heavy (non-hydrogen) atoms. The molecule has 0 radical (unpaired) electrons. The third-order valence-corrected chi connectivity index (χ3v) is 16.5. The predicted molar refractivity (Wildman–Crippen MR) is 277 cm³/mol. The third-order valence-electron chi connectivity index (χ3n) is 16.5. The number of cyclic esters (lactones) is 1. The molecular formula is C54H87FN8O13. The Morgan fingerprint density at radius 2 is 1.62 bits per heavy atom. The zero-order chi connectivity index (χ0) is 56.0. The van der Waals surface area contributed by atoms with Crippen molar-refractivity contribution in [2.24, 2.45) is 17.8 Å². The van der Waals surface area contributed by atoms with E-state index < -0.39 is 127 Å². The fraction of sp³-hybridized carbons (Fsp3) is 0.778. The van der Waals surface area contributed by atoms with Gasteiger partial charge in [-0.1, -0.05) is 50.3 Å². The van der Waals surface area contributed by atoms with Gasteiger partial charge in [-0.15, -0.1) is 5.10 Å². The normalized spacial score (nSPS) is 38.5. The van der Waals surface area contributed by atoms with Crippen molar-refractivity contribution in [2.45, 2.75) is 204 Å². The summed E-state index contributed by atoms with van der Waals surface area (Å²) in [5, 5.41) is 68.6. The summed E-state index contributed by atoms with van der Waals surface area (Å²) in [4.78, 5) is 30.7. The minimum absolute atomic E-state index is 0.0804. The number of aromatic nitrogens is 6. The number of methoxy groups -OCH3 is 2. The van der Waals surface area contributed by atoms with Gasteiger partial charge in [-0.3, -0.25) is 4.79 Å². The predicted octanol–water partition coefficient (Wildman–Crippen LogP) is 3.86. The number of esters is 1. The Morgan fingerprint density at radius 1 is 0.947 bits per heavy atom. The molecule has 0 spiro atoms. The van der Waals surface area contributed by atoms with E-state index in [0.717, 1.165) is 11.1 Å². The number of nitrogens with zero attached hydrogens (tertiary/aromatic N) is 8. The Labute approximate surface area is 447 Å². The molecule has 0 unspecified atom stereocenters. The van der Waals surface area contributed by atoms with E-state index in [0.29, 0.717) is 37.4 Å². The molecule has 5 N–H and O–H groups in total. The van der Waals surface area contributed by atoms with Crippen LogP contribution in [0.4, 0.5) is 4.39 Å². The molecule has 3 saturated heterocycles. The first-order valence-corrected chi connectivity index (χ1v) is 26.8. The molecule has 0 bridgehead atoms. The molecule has 0 saturated carbocycles. The van der Waals surface area contributed by atoms with Gasteiger partial charge in [-0.2, -0.15) is 0 Å². The summed E-state index contributed by atoms with van der Waals surface area (Å²) in [7, 11) is 6.72. The van der Waals surface area contributed by atoms with Crippen molar-refractivity contribution >= 4 is 5.97 Å². The van der Waals surface area contributed by atoms with Crippen LogP contribution in [-0.4, -0.2) is 210 Å². The van der Waals surface area contributed by atoms with Crippen molar-refractivity contribution in [1.82, 2.24) is 39.7 Å². The molecule has 6 rings (SSSR count). The van der Waals surface area contributed by atoms with Gasteiger partial charge in [0.25, 0.3) is 0 Å². The highest BCUT2D eigenvalue weighted by molar-refractivity contribution is 5.73. The second kappa shape index (κ2) is 26.0. The molecule has 3 aliphatic heterocycles. The summed E-state index contributed by atoms with van der Waals surface area (Å²) >= 11 is 0. The fourth-order valence-corrected chi connectivity index (χ4v) is 11.7. The second-order valence-electron chi connectivity index (χ2n) is 22.6. The fourth-order valence-electron chi connectivity index (χ4n) is 11.7. The number of ether oxygens (including phenoxy) is 7. The van der Waals surface area contributed by atoms with Crippen molar-refractivity contribution in [3.8, 4) is 11.4 Å². The summed E-state index contributed by atoms with van der Waals surface area (Å²) < 4.78 is 60.5. The average Bonchev–Trinajstić information content (AvgIpc) is 3.87. The Morgan fingerprint density at radius 3 is 2.24 bits per heavy atom. The number of rotatable bonds is 16. The van der Waals surface area contributed by atoms with Crippen LogP contribution in [0.1, 0.15) is 118 Å². The Kier molecular flexibility index (Phi) is 21.0. The molecule has 3 fully saturated rings. The number of hydrogen-bond donors (Lipinski definition) is 5. The van der Waals surface area contributed by atoms with Crippen LogP contribution in [0, 0.1) is 17.8 Å². The van der Waals surface area contributed by atoms with Gasteiger partial charge < -0.3 is 68.5 Å². The van der Waals surface area contributed by atoms with Crippen LogP contribution in [0.15, 0.2) is 43.1 Å². The van der Waals surface area contributed by atoms with E-state index in [1.807, 2.05) is 62.0 Å². The highest BCUT2D eigenvalue weighted by Gasteiger charge is 2.53. The van der Waals surface area contributed by atoms with Crippen LogP contribution >= 0.6 is 0 Å². The molecule has 20 atom stereocenters. The zero-order valence-electron chi connectivity index (χ0n) is 47.0. The molecular weight excluding hydrogens is 988 g/mol. The summed E-state index contributed by atoms with van der Waals surface area (Å²) in [6.45, 7) is 17.4. The Bertz CT molecular complexity index is 2270. The van der Waals surface area contributed by atoms with E-state index >= 15 is 0 Å². The number of hydrogen-bond acceptors (Lipinski definition) is 20. The number of aliphatic hydroxyl groups excluding tert-OH is 3. The number of aliphatic hydroxyl groups is 5. The smallest absolute Gasteiger partial charge is 0.311 e. The van der Waals surface area contributed by atoms with Crippen LogP contribution in [0.5, 0.6) is 0 Å². The van der Waals surface area contributed by atoms with E-state index in [4.69, 9.17) is 33.2 Å². The maximum Gasteiger partial charge on any atom is 0.311 e. The van der Waals surface area contributed by atoms with E-state index in [2.05, 4.69) is 25.3 Å². The minimum Gasteiger partial charge on any atom is -0.459 e. The van der Waals surface area contributed by atoms with Gasteiger partial charge in [0, 0.05) is 69.9 Å². The standard InChI is InChI=1S/C54H87FN8O13/c1-15-41-54(10,69)46(65)34(6)62(12)26-30(2)23-52(8,68)48(32(4)44(33(5)50(67)74-41)75-42-24-53(9,71-14)47(66)35(7)73-42)76-51-43(64)39(22-31(3)72-51)61(11)21-20-38-27-63(60-59-38)40(25-55)45(70-13)36-16-18-37(19-17-36)49-57-28-56-29-58-49/h16-19,27-35,39-48,51,64-66,68-69H,15,20-26H2,1-14H3/t30-,31-,32+,33-,34-,35+,39+,40+,41-,42+,43-,44+,45-,46-,47+,48-,51+,52-,53-,54-/m1/s1. The summed E-state index contributed by atoms with van der Waals surface area (Å²) in [5.41, 5.74) is -2.51. The lowest BCUT2D eigenvalue weighted by atomic mass is 9.77. The van der Waals surface area contributed by atoms with Crippen molar-refractivity contribution < 1.29 is 67.9 Å². The Hall–Kier alpha value is -3.75. The van der Waals surface area contributed by atoms with Crippen LogP contribution in [-0.2, 0) is 44.4 Å². The van der Waals surface area contributed by atoms with Crippen molar-refractivity contribution in [3.63, 3.8) is 0 Å². The minimum atomic E-state index is -1.86. The highest BCUT2D eigenvalue weighted by atomic mass is 19.1. The van der Waals surface area contributed by atoms with Crippen LogP contribution in [0.2, 0.25) is 0 Å². The first-order chi connectivity index (χ1) is 35.8. The number of alkyl halides is 1. The molecule has 22 heteroatoms. The first-order valence-electron chi connectivity index (χ1n) is 26.8. The third kappa shape index (κ3) is 14.0. The number of carbonyl (C=O) groups is 1. The van der Waals surface area contributed by atoms with E-state index in [-0.39, 0.29) is 25.2 Å².